The van der Waals surface area contributed by atoms with E-state index >= 15 is 0 Å². The van der Waals surface area contributed by atoms with Crippen LogP contribution in [0.25, 0.3) is 0 Å². The summed E-state index contributed by atoms with van der Waals surface area (Å²) in [5.41, 5.74) is 1.37. The van der Waals surface area contributed by atoms with E-state index in [1.165, 1.54) is 45.2 Å². The molecule has 4 bridgehead atoms. The Hall–Kier alpha value is -0.0800. The molecule has 4 aliphatic rings. The summed E-state index contributed by atoms with van der Waals surface area (Å²) in [5.74, 6) is 2.12. The molecule has 0 amide bonds. The zero-order valence-corrected chi connectivity index (χ0v) is 12.5. The lowest BCUT2D eigenvalue weighted by molar-refractivity contribution is -0.0998. The van der Waals surface area contributed by atoms with E-state index in [4.69, 9.17) is 0 Å². The molecule has 1 N–H and O–H groups in total. The molecular weight excluding hydrogens is 220 g/mol. The average Bonchev–Trinajstić information content (AvgIpc) is 2.20. The minimum absolute atomic E-state index is 0.672. The Kier molecular flexibility index (Phi) is 3.22. The van der Waals surface area contributed by atoms with Gasteiger partial charge in [-0.05, 0) is 75.3 Å². The molecule has 2 unspecified atom stereocenters. The van der Waals surface area contributed by atoms with Gasteiger partial charge in [-0.15, -0.1) is 0 Å². The fraction of sp³-hybridized carbons (Fsp3) is 1.00. The van der Waals surface area contributed by atoms with Gasteiger partial charge in [-0.3, -0.25) is 0 Å². The first-order valence-electron chi connectivity index (χ1n) is 7.84. The van der Waals surface area contributed by atoms with Crippen LogP contribution in [0.5, 0.6) is 0 Å². The van der Waals surface area contributed by atoms with Gasteiger partial charge in [0, 0.05) is 19.6 Å². The van der Waals surface area contributed by atoms with Crippen LogP contribution in [0.2, 0.25) is 0 Å². The summed E-state index contributed by atoms with van der Waals surface area (Å²) in [6.45, 7) is 6.17. The summed E-state index contributed by atoms with van der Waals surface area (Å²) in [6, 6.07) is 0. The Balaban J connectivity index is 1.58. The highest BCUT2D eigenvalue weighted by molar-refractivity contribution is 5.06. The van der Waals surface area contributed by atoms with Crippen molar-refractivity contribution in [2.45, 2.75) is 45.4 Å². The summed E-state index contributed by atoms with van der Waals surface area (Å²) in [5, 5.41) is 3.75. The van der Waals surface area contributed by atoms with E-state index in [-0.39, 0.29) is 0 Å². The highest BCUT2D eigenvalue weighted by Crippen LogP contribution is 2.64. The maximum atomic E-state index is 3.75. The summed E-state index contributed by atoms with van der Waals surface area (Å²) >= 11 is 0. The van der Waals surface area contributed by atoms with Crippen LogP contribution in [0.1, 0.15) is 45.4 Å². The molecule has 0 aromatic carbocycles. The minimum atomic E-state index is 0.672. The molecule has 2 nitrogen and oxygen atoms in total. The van der Waals surface area contributed by atoms with E-state index in [0.717, 1.165) is 18.4 Å². The molecular formula is C16H30N2. The fourth-order valence-corrected chi connectivity index (χ4v) is 5.79. The van der Waals surface area contributed by atoms with E-state index in [0.29, 0.717) is 10.8 Å². The van der Waals surface area contributed by atoms with Gasteiger partial charge in [0.2, 0.25) is 0 Å². The van der Waals surface area contributed by atoms with Crippen molar-refractivity contribution >= 4 is 0 Å². The van der Waals surface area contributed by atoms with E-state index in [2.05, 4.69) is 31.2 Å². The Labute approximate surface area is 113 Å². The molecule has 0 aromatic rings. The van der Waals surface area contributed by atoms with Crippen LogP contribution in [0.3, 0.4) is 0 Å². The molecule has 0 heterocycles. The number of likely N-dealkylation sites (N-methyl/N-ethyl adjacent to an activating group) is 1. The van der Waals surface area contributed by atoms with Crippen molar-refractivity contribution in [3.05, 3.63) is 0 Å². The quantitative estimate of drug-likeness (QED) is 0.755. The highest BCUT2D eigenvalue weighted by Gasteiger charge is 2.55. The lowest BCUT2D eigenvalue weighted by Crippen LogP contribution is -2.54. The zero-order chi connectivity index (χ0) is 12.8. The normalized spacial score (nSPS) is 46.0. The van der Waals surface area contributed by atoms with Crippen molar-refractivity contribution in [2.24, 2.45) is 22.7 Å². The molecule has 4 aliphatic carbocycles. The van der Waals surface area contributed by atoms with Gasteiger partial charge in [-0.25, -0.2) is 0 Å². The van der Waals surface area contributed by atoms with Gasteiger partial charge in [0.15, 0.2) is 0 Å². The van der Waals surface area contributed by atoms with Crippen LogP contribution < -0.4 is 5.32 Å². The number of nitrogens with zero attached hydrogens (tertiary/aromatic N) is 1. The summed E-state index contributed by atoms with van der Waals surface area (Å²) in [4.78, 5) is 2.27. The zero-order valence-electron chi connectivity index (χ0n) is 12.5. The first-order chi connectivity index (χ1) is 8.49. The number of hydrogen-bond donors (Lipinski definition) is 1. The van der Waals surface area contributed by atoms with Crippen molar-refractivity contribution in [2.75, 3.05) is 33.7 Å². The van der Waals surface area contributed by atoms with Crippen molar-refractivity contribution in [3.63, 3.8) is 0 Å². The number of rotatable bonds is 5. The first kappa shape index (κ1) is 12.9. The van der Waals surface area contributed by atoms with Gasteiger partial charge in [0.25, 0.3) is 0 Å². The van der Waals surface area contributed by atoms with Crippen LogP contribution in [0.15, 0.2) is 0 Å². The Morgan fingerprint density at radius 3 is 2.33 bits per heavy atom. The number of nitrogens with one attached hydrogen (secondary N) is 1. The average molecular weight is 250 g/mol. The van der Waals surface area contributed by atoms with Gasteiger partial charge < -0.3 is 10.2 Å². The SMILES string of the molecule is CN(C)CCNCC12CC3CC(CC(C)(C3)C1)C2. The Morgan fingerprint density at radius 1 is 1.11 bits per heavy atom. The van der Waals surface area contributed by atoms with Crippen LogP contribution in [-0.4, -0.2) is 38.6 Å². The molecule has 18 heavy (non-hydrogen) atoms. The van der Waals surface area contributed by atoms with Gasteiger partial charge in [0.05, 0.1) is 0 Å². The molecule has 4 saturated carbocycles. The van der Waals surface area contributed by atoms with Crippen molar-refractivity contribution in [1.29, 1.82) is 0 Å². The molecule has 4 rings (SSSR count). The molecule has 104 valence electrons. The maximum absolute atomic E-state index is 3.75. The van der Waals surface area contributed by atoms with Crippen LogP contribution in [0.4, 0.5) is 0 Å². The van der Waals surface area contributed by atoms with Crippen molar-refractivity contribution in [3.8, 4) is 0 Å². The topological polar surface area (TPSA) is 15.3 Å². The third kappa shape index (κ3) is 2.46. The second-order valence-electron chi connectivity index (χ2n) is 8.25. The summed E-state index contributed by atoms with van der Waals surface area (Å²) < 4.78 is 0. The summed E-state index contributed by atoms with van der Waals surface area (Å²) in [7, 11) is 4.32. The van der Waals surface area contributed by atoms with Crippen molar-refractivity contribution in [1.82, 2.24) is 10.2 Å². The van der Waals surface area contributed by atoms with Crippen LogP contribution >= 0.6 is 0 Å². The summed E-state index contributed by atoms with van der Waals surface area (Å²) in [6.07, 6.45) is 9.16. The van der Waals surface area contributed by atoms with Crippen molar-refractivity contribution < 1.29 is 0 Å². The van der Waals surface area contributed by atoms with Gasteiger partial charge in [-0.2, -0.15) is 0 Å². The Bertz CT molecular complexity index is 296. The third-order valence-corrected chi connectivity index (χ3v) is 5.71. The lowest BCUT2D eigenvalue weighted by Gasteiger charge is -2.61. The largest absolute Gasteiger partial charge is 0.315 e. The smallest absolute Gasteiger partial charge is 0.0101 e. The van der Waals surface area contributed by atoms with E-state index in [1.807, 2.05) is 0 Å². The lowest BCUT2D eigenvalue weighted by atomic mass is 9.44. The van der Waals surface area contributed by atoms with Gasteiger partial charge in [0.1, 0.15) is 0 Å². The van der Waals surface area contributed by atoms with E-state index in [9.17, 15) is 0 Å². The monoisotopic (exact) mass is 250 g/mol. The van der Waals surface area contributed by atoms with Crippen LogP contribution in [0, 0.1) is 22.7 Å². The highest BCUT2D eigenvalue weighted by atomic mass is 15.1. The minimum Gasteiger partial charge on any atom is -0.315 e. The molecule has 0 aliphatic heterocycles. The Morgan fingerprint density at radius 2 is 1.78 bits per heavy atom. The second kappa shape index (κ2) is 4.49. The van der Waals surface area contributed by atoms with Gasteiger partial charge >= 0.3 is 0 Å². The van der Waals surface area contributed by atoms with E-state index < -0.39 is 0 Å². The molecule has 0 saturated heterocycles. The molecule has 2 atom stereocenters. The van der Waals surface area contributed by atoms with Gasteiger partial charge in [-0.1, -0.05) is 6.92 Å². The third-order valence-electron chi connectivity index (χ3n) is 5.71. The van der Waals surface area contributed by atoms with E-state index in [1.54, 1.807) is 6.42 Å². The molecule has 0 radical (unpaired) electrons. The molecule has 0 aromatic heterocycles. The fourth-order valence-electron chi connectivity index (χ4n) is 5.79. The standard InChI is InChI=1S/C16H30N2/c1-15-7-13-6-14(8-15)10-16(9-13,11-15)12-17-4-5-18(2)3/h13-14,17H,4-12H2,1-3H3. The molecule has 4 fully saturated rings. The maximum Gasteiger partial charge on any atom is 0.0101 e. The predicted octanol–water partition coefficient (Wildman–Crippen LogP) is 2.74. The predicted molar refractivity (Wildman–Crippen MR) is 76.6 cm³/mol. The first-order valence-corrected chi connectivity index (χ1v) is 7.84. The number of hydrogen-bond acceptors (Lipinski definition) is 2. The molecule has 2 heteroatoms. The second-order valence-corrected chi connectivity index (χ2v) is 8.25. The van der Waals surface area contributed by atoms with Crippen LogP contribution in [-0.2, 0) is 0 Å². The molecule has 0 spiro atoms.